The first-order chi connectivity index (χ1) is 13.6. The number of aromatic nitrogens is 4. The van der Waals surface area contributed by atoms with Crippen molar-refractivity contribution in [1.29, 1.82) is 0 Å². The number of hydrogen-bond donors (Lipinski definition) is 1. The van der Waals surface area contributed by atoms with Crippen molar-refractivity contribution in [1.82, 2.24) is 19.7 Å². The normalized spacial score (nSPS) is 15.8. The Morgan fingerprint density at radius 3 is 2.61 bits per heavy atom. The lowest BCUT2D eigenvalue weighted by atomic mass is 9.97. The fraction of sp³-hybridized carbons (Fsp3) is 0.200. The molecular formula is C20H18ClN5O2. The summed E-state index contributed by atoms with van der Waals surface area (Å²) in [5.74, 6) is 0.706. The quantitative estimate of drug-likeness (QED) is 0.676. The molecule has 0 aliphatic carbocycles. The van der Waals surface area contributed by atoms with Gasteiger partial charge in [-0.3, -0.25) is 4.98 Å². The van der Waals surface area contributed by atoms with Gasteiger partial charge in [0.2, 0.25) is 5.95 Å². The highest BCUT2D eigenvalue weighted by atomic mass is 35.5. The molecule has 3 heterocycles. The van der Waals surface area contributed by atoms with E-state index in [9.17, 15) is 4.79 Å². The second-order valence-electron chi connectivity index (χ2n) is 6.28. The van der Waals surface area contributed by atoms with Crippen LogP contribution in [0.15, 0.2) is 60.1 Å². The zero-order chi connectivity index (χ0) is 19.7. The minimum Gasteiger partial charge on any atom is -0.463 e. The molecule has 0 saturated carbocycles. The number of hydrogen-bond acceptors (Lipinski definition) is 6. The highest BCUT2D eigenvalue weighted by molar-refractivity contribution is 6.30. The van der Waals surface area contributed by atoms with Crippen LogP contribution >= 0.6 is 11.6 Å². The lowest BCUT2D eigenvalue weighted by Gasteiger charge is -2.27. The van der Waals surface area contributed by atoms with E-state index in [4.69, 9.17) is 16.3 Å². The van der Waals surface area contributed by atoms with E-state index in [0.717, 1.165) is 11.1 Å². The van der Waals surface area contributed by atoms with Gasteiger partial charge in [0.05, 0.1) is 12.2 Å². The third-order valence-electron chi connectivity index (χ3n) is 4.47. The number of benzene rings is 1. The standard InChI is InChI=1S/C20H18ClN5O2/c1-3-28-19(27)16-12(2)23-20-24-18(14-4-6-15(21)7-5-14)25-26(20)17(16)13-8-10-22-11-9-13/h4-11,17H,3H2,1-2H3,(H,23,24,25). The second-order valence-corrected chi connectivity index (χ2v) is 6.71. The van der Waals surface area contributed by atoms with Crippen molar-refractivity contribution in [2.45, 2.75) is 19.9 Å². The maximum Gasteiger partial charge on any atom is 0.338 e. The Hall–Kier alpha value is -3.19. The van der Waals surface area contributed by atoms with Crippen LogP contribution in [-0.2, 0) is 9.53 Å². The van der Waals surface area contributed by atoms with Gasteiger partial charge in [-0.1, -0.05) is 11.6 Å². The van der Waals surface area contributed by atoms with E-state index < -0.39 is 6.04 Å². The number of allylic oxidation sites excluding steroid dienone is 1. The largest absolute Gasteiger partial charge is 0.463 e. The van der Waals surface area contributed by atoms with Crippen LogP contribution in [0, 0.1) is 0 Å². The molecular weight excluding hydrogens is 378 g/mol. The molecule has 0 radical (unpaired) electrons. The second kappa shape index (κ2) is 7.44. The van der Waals surface area contributed by atoms with E-state index in [-0.39, 0.29) is 5.97 Å². The van der Waals surface area contributed by atoms with Crippen molar-refractivity contribution in [2.24, 2.45) is 0 Å². The smallest absolute Gasteiger partial charge is 0.338 e. The molecule has 4 rings (SSSR count). The lowest BCUT2D eigenvalue weighted by Crippen LogP contribution is -2.29. The molecule has 0 fully saturated rings. The highest BCUT2D eigenvalue weighted by Crippen LogP contribution is 2.36. The van der Waals surface area contributed by atoms with E-state index in [0.29, 0.717) is 34.7 Å². The van der Waals surface area contributed by atoms with Gasteiger partial charge in [0.25, 0.3) is 0 Å². The number of rotatable bonds is 4. The van der Waals surface area contributed by atoms with Crippen LogP contribution in [0.3, 0.4) is 0 Å². The minimum absolute atomic E-state index is 0.291. The van der Waals surface area contributed by atoms with Crippen LogP contribution in [0.25, 0.3) is 11.4 Å². The van der Waals surface area contributed by atoms with Gasteiger partial charge in [0.1, 0.15) is 6.04 Å². The molecule has 7 nitrogen and oxygen atoms in total. The van der Waals surface area contributed by atoms with Crippen molar-refractivity contribution in [2.75, 3.05) is 11.9 Å². The van der Waals surface area contributed by atoms with Crippen LogP contribution in [0.2, 0.25) is 5.02 Å². The van der Waals surface area contributed by atoms with E-state index >= 15 is 0 Å². The van der Waals surface area contributed by atoms with Gasteiger partial charge in [0, 0.05) is 28.7 Å². The number of carbonyl (C=O) groups is 1. The number of anilines is 1. The molecule has 1 atom stereocenters. The Morgan fingerprint density at radius 1 is 1.21 bits per heavy atom. The molecule has 8 heteroatoms. The van der Waals surface area contributed by atoms with Crippen molar-refractivity contribution in [3.8, 4) is 11.4 Å². The van der Waals surface area contributed by atoms with Crippen LogP contribution in [-0.4, -0.2) is 32.3 Å². The van der Waals surface area contributed by atoms with Gasteiger partial charge in [-0.25, -0.2) is 9.48 Å². The molecule has 0 amide bonds. The fourth-order valence-electron chi connectivity index (χ4n) is 3.20. The predicted molar refractivity (Wildman–Crippen MR) is 106 cm³/mol. The van der Waals surface area contributed by atoms with Crippen LogP contribution < -0.4 is 5.32 Å². The Morgan fingerprint density at radius 2 is 1.93 bits per heavy atom. The monoisotopic (exact) mass is 395 g/mol. The molecule has 0 saturated heterocycles. The van der Waals surface area contributed by atoms with Crippen LogP contribution in [0.4, 0.5) is 5.95 Å². The summed E-state index contributed by atoms with van der Waals surface area (Å²) in [5, 5.41) is 8.49. The van der Waals surface area contributed by atoms with Crippen molar-refractivity contribution < 1.29 is 9.53 Å². The highest BCUT2D eigenvalue weighted by Gasteiger charge is 2.35. The van der Waals surface area contributed by atoms with Crippen LogP contribution in [0.1, 0.15) is 25.5 Å². The number of esters is 1. The minimum atomic E-state index is -0.466. The summed E-state index contributed by atoms with van der Waals surface area (Å²) in [4.78, 5) is 21.4. The summed E-state index contributed by atoms with van der Waals surface area (Å²) in [6.07, 6.45) is 3.37. The number of fused-ring (bicyclic) bond motifs is 1. The first-order valence-corrected chi connectivity index (χ1v) is 9.23. The third-order valence-corrected chi connectivity index (χ3v) is 4.72. The molecule has 3 aromatic rings. The fourth-order valence-corrected chi connectivity index (χ4v) is 3.33. The number of carbonyl (C=O) groups excluding carboxylic acids is 1. The average Bonchev–Trinajstić information content (AvgIpc) is 3.11. The Bertz CT molecular complexity index is 1040. The Balaban J connectivity index is 1.84. The van der Waals surface area contributed by atoms with E-state index in [2.05, 4.69) is 20.4 Å². The summed E-state index contributed by atoms with van der Waals surface area (Å²) < 4.78 is 7.00. The average molecular weight is 396 g/mol. The van der Waals surface area contributed by atoms with E-state index in [1.54, 1.807) is 36.1 Å². The molecule has 1 aliphatic heterocycles. The first-order valence-electron chi connectivity index (χ1n) is 8.85. The molecule has 0 bridgehead atoms. The summed E-state index contributed by atoms with van der Waals surface area (Å²) in [7, 11) is 0. The summed E-state index contributed by atoms with van der Waals surface area (Å²) in [6, 6.07) is 10.5. The zero-order valence-electron chi connectivity index (χ0n) is 15.4. The number of nitrogens with zero attached hydrogens (tertiary/aromatic N) is 4. The zero-order valence-corrected chi connectivity index (χ0v) is 16.1. The van der Waals surface area contributed by atoms with Gasteiger partial charge in [-0.15, -0.1) is 5.10 Å². The number of halogens is 1. The number of pyridine rings is 1. The van der Waals surface area contributed by atoms with Gasteiger partial charge in [0.15, 0.2) is 5.82 Å². The lowest BCUT2D eigenvalue weighted by molar-refractivity contribution is -0.139. The Labute approximate surface area is 167 Å². The van der Waals surface area contributed by atoms with E-state index in [1.807, 2.05) is 31.2 Å². The van der Waals surface area contributed by atoms with Crippen LogP contribution in [0.5, 0.6) is 0 Å². The summed E-state index contributed by atoms with van der Waals surface area (Å²) in [6.45, 7) is 3.91. The predicted octanol–water partition coefficient (Wildman–Crippen LogP) is 3.85. The molecule has 142 valence electrons. The molecule has 1 N–H and O–H groups in total. The van der Waals surface area contributed by atoms with Crippen molar-refractivity contribution >= 4 is 23.5 Å². The SMILES string of the molecule is CCOC(=O)C1=C(C)Nc2nc(-c3ccc(Cl)cc3)nn2C1c1ccncc1. The van der Waals surface area contributed by atoms with Gasteiger partial charge < -0.3 is 10.1 Å². The maximum absolute atomic E-state index is 12.7. The maximum atomic E-state index is 12.7. The van der Waals surface area contributed by atoms with Gasteiger partial charge in [-0.2, -0.15) is 4.98 Å². The molecule has 1 aromatic carbocycles. The third kappa shape index (κ3) is 3.25. The first kappa shape index (κ1) is 18.2. The van der Waals surface area contributed by atoms with E-state index in [1.165, 1.54) is 0 Å². The molecule has 0 spiro atoms. The summed E-state index contributed by atoms with van der Waals surface area (Å²) in [5.41, 5.74) is 2.88. The molecule has 28 heavy (non-hydrogen) atoms. The number of ether oxygens (including phenoxy) is 1. The topological polar surface area (TPSA) is 81.9 Å². The molecule has 1 aliphatic rings. The molecule has 1 unspecified atom stereocenters. The van der Waals surface area contributed by atoms with Gasteiger partial charge in [-0.05, 0) is 55.8 Å². The van der Waals surface area contributed by atoms with Crippen molar-refractivity contribution in [3.05, 3.63) is 70.6 Å². The summed E-state index contributed by atoms with van der Waals surface area (Å²) >= 11 is 5.98. The molecule has 2 aromatic heterocycles. The van der Waals surface area contributed by atoms with Gasteiger partial charge >= 0.3 is 5.97 Å². The van der Waals surface area contributed by atoms with Crippen molar-refractivity contribution in [3.63, 3.8) is 0 Å². The Kier molecular flexibility index (Phi) is 4.83. The number of nitrogens with one attached hydrogen (secondary N) is 1.